The smallest absolute Gasteiger partial charge is 0.323 e. The maximum absolute atomic E-state index is 13.0. The van der Waals surface area contributed by atoms with E-state index in [4.69, 9.17) is 0 Å². The first kappa shape index (κ1) is 15.9. The van der Waals surface area contributed by atoms with Gasteiger partial charge in [-0.1, -0.05) is 54.6 Å². The zero-order chi connectivity index (χ0) is 17.3. The quantitative estimate of drug-likeness (QED) is 0.874. The summed E-state index contributed by atoms with van der Waals surface area (Å²) in [4.78, 5) is 26.8. The van der Waals surface area contributed by atoms with Crippen LogP contribution in [0.4, 0.5) is 4.79 Å². The standard InChI is InChI=1S/C21H22N2O2/c24-19-21(13-12-17-10-4-5-11-18(17)15-21)22-20(25)23(19)14-6-9-16-7-2-1-3-8-16/h1-5,7-8,10-11H,6,9,12-15H2,(H,22,25). The number of benzene rings is 2. The van der Waals surface area contributed by atoms with Gasteiger partial charge in [-0.25, -0.2) is 4.79 Å². The third-order valence-corrected chi connectivity index (χ3v) is 5.37. The highest BCUT2D eigenvalue weighted by molar-refractivity contribution is 6.07. The molecule has 2 aromatic carbocycles. The summed E-state index contributed by atoms with van der Waals surface area (Å²) in [5, 5.41) is 3.00. The number of hydrogen-bond acceptors (Lipinski definition) is 2. The molecule has 0 bridgehead atoms. The van der Waals surface area contributed by atoms with Crippen molar-refractivity contribution in [3.63, 3.8) is 0 Å². The van der Waals surface area contributed by atoms with Gasteiger partial charge >= 0.3 is 6.03 Å². The molecule has 1 aliphatic carbocycles. The van der Waals surface area contributed by atoms with Crippen molar-refractivity contribution < 1.29 is 9.59 Å². The van der Waals surface area contributed by atoms with E-state index in [0.717, 1.165) is 19.3 Å². The Bertz CT molecular complexity index is 803. The minimum atomic E-state index is -0.738. The van der Waals surface area contributed by atoms with Crippen LogP contribution in [0, 0.1) is 0 Å². The van der Waals surface area contributed by atoms with E-state index >= 15 is 0 Å². The van der Waals surface area contributed by atoms with Gasteiger partial charge in [-0.2, -0.15) is 0 Å². The highest BCUT2D eigenvalue weighted by Gasteiger charge is 2.51. The minimum Gasteiger partial charge on any atom is -0.323 e. The number of carbonyl (C=O) groups is 2. The molecule has 1 N–H and O–H groups in total. The van der Waals surface area contributed by atoms with Crippen molar-refractivity contribution in [2.45, 2.75) is 37.6 Å². The summed E-state index contributed by atoms with van der Waals surface area (Å²) in [6.07, 6.45) is 3.77. The van der Waals surface area contributed by atoms with E-state index in [9.17, 15) is 9.59 Å². The van der Waals surface area contributed by atoms with Crippen LogP contribution in [-0.2, 0) is 24.1 Å². The monoisotopic (exact) mass is 334 g/mol. The Hall–Kier alpha value is -2.62. The molecule has 1 atom stereocenters. The maximum atomic E-state index is 13.0. The number of rotatable bonds is 4. The fraction of sp³-hybridized carbons (Fsp3) is 0.333. The molecule has 4 nitrogen and oxygen atoms in total. The number of nitrogens with one attached hydrogen (secondary N) is 1. The van der Waals surface area contributed by atoms with Crippen molar-refractivity contribution in [3.05, 3.63) is 71.3 Å². The van der Waals surface area contributed by atoms with Gasteiger partial charge in [0.25, 0.3) is 5.91 Å². The van der Waals surface area contributed by atoms with E-state index < -0.39 is 5.54 Å². The van der Waals surface area contributed by atoms with Crippen LogP contribution in [0.25, 0.3) is 0 Å². The molecule has 128 valence electrons. The van der Waals surface area contributed by atoms with E-state index in [1.807, 2.05) is 30.3 Å². The predicted octanol–water partition coefficient (Wildman–Crippen LogP) is 3.10. The first-order chi connectivity index (χ1) is 12.2. The Morgan fingerprint density at radius 3 is 2.48 bits per heavy atom. The number of imide groups is 1. The third kappa shape index (κ3) is 2.93. The lowest BCUT2D eigenvalue weighted by molar-refractivity contribution is -0.131. The van der Waals surface area contributed by atoms with Gasteiger partial charge in [-0.3, -0.25) is 9.69 Å². The summed E-state index contributed by atoms with van der Waals surface area (Å²) in [6.45, 7) is 0.475. The largest absolute Gasteiger partial charge is 0.325 e. The van der Waals surface area contributed by atoms with Gasteiger partial charge in [0, 0.05) is 13.0 Å². The number of nitrogens with zero attached hydrogens (tertiary/aromatic N) is 1. The minimum absolute atomic E-state index is 0.0555. The van der Waals surface area contributed by atoms with Crippen molar-refractivity contribution in [1.82, 2.24) is 10.2 Å². The zero-order valence-corrected chi connectivity index (χ0v) is 14.2. The topological polar surface area (TPSA) is 49.4 Å². The van der Waals surface area contributed by atoms with Gasteiger partial charge in [0.2, 0.25) is 0 Å². The average Bonchev–Trinajstić information content (AvgIpc) is 2.86. The van der Waals surface area contributed by atoms with E-state index in [2.05, 4.69) is 29.6 Å². The molecule has 1 unspecified atom stereocenters. The van der Waals surface area contributed by atoms with Crippen LogP contribution >= 0.6 is 0 Å². The molecule has 4 heteroatoms. The van der Waals surface area contributed by atoms with Gasteiger partial charge < -0.3 is 5.32 Å². The first-order valence-corrected chi connectivity index (χ1v) is 8.93. The Morgan fingerprint density at radius 2 is 1.68 bits per heavy atom. The van der Waals surface area contributed by atoms with E-state index in [0.29, 0.717) is 19.4 Å². The number of amides is 3. The summed E-state index contributed by atoms with van der Waals surface area (Å²) < 4.78 is 0. The van der Waals surface area contributed by atoms with E-state index in [1.54, 1.807) is 0 Å². The molecule has 1 heterocycles. The second-order valence-electron chi connectivity index (χ2n) is 7.00. The van der Waals surface area contributed by atoms with Gasteiger partial charge in [-0.15, -0.1) is 0 Å². The second kappa shape index (κ2) is 6.36. The van der Waals surface area contributed by atoms with Gasteiger partial charge in [0.15, 0.2) is 0 Å². The molecule has 0 aromatic heterocycles. The highest BCUT2D eigenvalue weighted by atomic mass is 16.2. The number of aryl methyl sites for hydroxylation is 2. The Labute approximate surface area is 147 Å². The van der Waals surface area contributed by atoms with Crippen LogP contribution in [-0.4, -0.2) is 28.9 Å². The molecule has 1 saturated heterocycles. The number of carbonyl (C=O) groups excluding carboxylic acids is 2. The lowest BCUT2D eigenvalue weighted by Gasteiger charge is -2.32. The predicted molar refractivity (Wildman–Crippen MR) is 96.2 cm³/mol. The Balaban J connectivity index is 1.44. The van der Waals surface area contributed by atoms with Crippen LogP contribution in [0.1, 0.15) is 29.5 Å². The molecular weight excluding hydrogens is 312 g/mol. The van der Waals surface area contributed by atoms with Gasteiger partial charge in [0.05, 0.1) is 0 Å². The summed E-state index contributed by atoms with van der Waals surface area (Å²) >= 11 is 0. The number of fused-ring (bicyclic) bond motifs is 1. The van der Waals surface area contributed by atoms with Crippen LogP contribution in [0.3, 0.4) is 0 Å². The molecule has 1 fully saturated rings. The molecule has 4 rings (SSSR count). The summed E-state index contributed by atoms with van der Waals surface area (Å²) in [6, 6.07) is 18.1. The van der Waals surface area contributed by atoms with Crippen molar-refractivity contribution in [2.75, 3.05) is 6.54 Å². The zero-order valence-electron chi connectivity index (χ0n) is 14.2. The average molecular weight is 334 g/mol. The number of hydrogen-bond donors (Lipinski definition) is 1. The van der Waals surface area contributed by atoms with Gasteiger partial charge in [0.1, 0.15) is 5.54 Å². The van der Waals surface area contributed by atoms with Crippen molar-refractivity contribution in [1.29, 1.82) is 0 Å². The molecule has 3 amide bonds. The van der Waals surface area contributed by atoms with Crippen molar-refractivity contribution in [2.24, 2.45) is 0 Å². The van der Waals surface area contributed by atoms with Crippen LogP contribution in [0.2, 0.25) is 0 Å². The Kier molecular flexibility index (Phi) is 4.04. The molecule has 1 aliphatic heterocycles. The van der Waals surface area contributed by atoms with Crippen LogP contribution < -0.4 is 5.32 Å². The van der Waals surface area contributed by atoms with E-state index in [1.165, 1.54) is 21.6 Å². The molecule has 2 aromatic rings. The molecule has 25 heavy (non-hydrogen) atoms. The first-order valence-electron chi connectivity index (χ1n) is 8.93. The second-order valence-corrected chi connectivity index (χ2v) is 7.00. The maximum Gasteiger partial charge on any atom is 0.325 e. The summed E-state index contributed by atoms with van der Waals surface area (Å²) in [5.41, 5.74) is 2.96. The molecular formula is C21H22N2O2. The van der Waals surface area contributed by atoms with Crippen LogP contribution in [0.15, 0.2) is 54.6 Å². The fourth-order valence-electron chi connectivity index (χ4n) is 3.99. The molecule has 0 radical (unpaired) electrons. The SMILES string of the molecule is O=C1NC2(CCc3ccccc3C2)C(=O)N1CCCc1ccccc1. The van der Waals surface area contributed by atoms with Crippen molar-refractivity contribution in [3.8, 4) is 0 Å². The molecule has 0 saturated carbocycles. The molecule has 2 aliphatic rings. The Morgan fingerprint density at radius 1 is 0.960 bits per heavy atom. The number of urea groups is 1. The third-order valence-electron chi connectivity index (χ3n) is 5.37. The normalized spacial score (nSPS) is 22.2. The van der Waals surface area contributed by atoms with Crippen molar-refractivity contribution >= 4 is 11.9 Å². The molecule has 1 spiro atoms. The summed E-state index contributed by atoms with van der Waals surface area (Å²) in [7, 11) is 0. The van der Waals surface area contributed by atoms with Gasteiger partial charge in [-0.05, 0) is 42.4 Å². The van der Waals surface area contributed by atoms with E-state index in [-0.39, 0.29) is 11.9 Å². The fourth-order valence-corrected chi connectivity index (χ4v) is 3.99. The highest BCUT2D eigenvalue weighted by Crippen LogP contribution is 2.33. The lowest BCUT2D eigenvalue weighted by Crippen LogP contribution is -2.51. The summed E-state index contributed by atoms with van der Waals surface area (Å²) in [5.74, 6) is -0.0555. The van der Waals surface area contributed by atoms with Crippen LogP contribution in [0.5, 0.6) is 0 Å². The lowest BCUT2D eigenvalue weighted by atomic mass is 9.78.